The van der Waals surface area contributed by atoms with Crippen LogP contribution in [0.3, 0.4) is 0 Å². The largest absolute Gasteiger partial charge is 0.508 e. The van der Waals surface area contributed by atoms with Gasteiger partial charge in [0.2, 0.25) is 11.8 Å². The summed E-state index contributed by atoms with van der Waals surface area (Å²) >= 11 is 0. The average molecular weight is 1380 g/mol. The van der Waals surface area contributed by atoms with E-state index in [0.29, 0.717) is 30.5 Å². The Balaban J connectivity index is 1.02. The van der Waals surface area contributed by atoms with Crippen LogP contribution in [-0.4, -0.2) is 149 Å². The molecule has 9 rings (SSSR count). The number of Topliss-reactive ketones (excluding diaryl/α,β-unsaturated/α-hetero) is 1. The van der Waals surface area contributed by atoms with Crippen molar-refractivity contribution >= 4 is 65.3 Å². The number of nitrogens with one attached hydrogen (secondary N) is 4. The van der Waals surface area contributed by atoms with E-state index in [-0.39, 0.29) is 47.2 Å². The number of hydrogen-bond acceptors (Lipinski definition) is 21. The minimum absolute atomic E-state index is 0.0221. The van der Waals surface area contributed by atoms with E-state index in [4.69, 9.17) is 43.6 Å². The van der Waals surface area contributed by atoms with E-state index in [2.05, 4.69) is 21.3 Å². The lowest BCUT2D eigenvalue weighted by molar-refractivity contribution is -0.346. The van der Waals surface area contributed by atoms with Crippen LogP contribution < -0.4 is 27.0 Å². The Hall–Kier alpha value is -9.82. The third-order valence-corrected chi connectivity index (χ3v) is 19.1. The molecular formula is C75H87N5O20. The number of anilines is 1. The average Bonchev–Trinajstić information content (AvgIpc) is 0.668. The molecule has 2 saturated carbocycles. The topological polar surface area (TPSA) is 359 Å². The second-order valence-corrected chi connectivity index (χ2v) is 27.4. The highest BCUT2D eigenvalue weighted by molar-refractivity contribution is 5.99. The fraction of sp³-hybridized carbons (Fsp3) is 0.440. The first-order valence-corrected chi connectivity index (χ1v) is 33.2. The van der Waals surface area contributed by atoms with Gasteiger partial charge in [0.25, 0.3) is 5.91 Å². The second kappa shape index (κ2) is 31.2. The Kier molecular flexibility index (Phi) is 23.2. The molecule has 8 N–H and O–H groups in total. The van der Waals surface area contributed by atoms with Crippen LogP contribution in [0.5, 0.6) is 0 Å². The number of ketones is 1. The summed E-state index contributed by atoms with van der Waals surface area (Å²) in [5.41, 5.74) is -1.93. The number of carbonyl (C=O) groups is 10. The summed E-state index contributed by atoms with van der Waals surface area (Å²) in [5, 5.41) is 37.3. The number of hydrogen-bond donors (Lipinski definition) is 7. The van der Waals surface area contributed by atoms with Crippen molar-refractivity contribution in [3.8, 4) is 0 Å². The van der Waals surface area contributed by atoms with Gasteiger partial charge in [-0.25, -0.2) is 19.2 Å². The smallest absolute Gasteiger partial charge is 0.456 e. The summed E-state index contributed by atoms with van der Waals surface area (Å²) in [5.74, 6) is -8.85. The van der Waals surface area contributed by atoms with Crippen molar-refractivity contribution in [2.24, 2.45) is 22.5 Å². The van der Waals surface area contributed by atoms with Crippen molar-refractivity contribution in [3.05, 3.63) is 185 Å². The summed E-state index contributed by atoms with van der Waals surface area (Å²) in [6.07, 6.45) is -12.7. The molecule has 3 fully saturated rings. The molecule has 1 saturated heterocycles. The maximum atomic E-state index is 16.5. The molecular weight excluding hydrogens is 1290 g/mol. The van der Waals surface area contributed by atoms with Crippen LogP contribution in [0.15, 0.2) is 157 Å². The maximum Gasteiger partial charge on any atom is 0.508 e. The summed E-state index contributed by atoms with van der Waals surface area (Å²) in [6.45, 7) is 12.5. The number of aliphatic hydroxyl groups excluding tert-OH is 1. The van der Waals surface area contributed by atoms with Crippen LogP contribution in [0.4, 0.5) is 15.3 Å². The first-order valence-electron chi connectivity index (χ1n) is 33.2. The monoisotopic (exact) mass is 1380 g/mol. The Bertz CT molecular complexity index is 3850. The van der Waals surface area contributed by atoms with Gasteiger partial charge in [-0.05, 0) is 125 Å². The van der Waals surface area contributed by atoms with E-state index in [1.54, 1.807) is 136 Å². The lowest BCUT2D eigenvalue weighted by Gasteiger charge is -2.67. The van der Waals surface area contributed by atoms with E-state index in [9.17, 15) is 53.4 Å². The molecule has 1 aliphatic heterocycles. The zero-order valence-electron chi connectivity index (χ0n) is 57.3. The fourth-order valence-electron chi connectivity index (χ4n) is 14.1. The quantitative estimate of drug-likeness (QED) is 0.0134. The normalized spacial score (nSPS) is 24.7. The number of fused-ring (bicyclic) bond motifs is 5. The van der Waals surface area contributed by atoms with Gasteiger partial charge in [-0.3, -0.25) is 28.8 Å². The van der Waals surface area contributed by atoms with E-state index >= 15 is 4.79 Å². The molecule has 4 amide bonds. The number of esters is 4. The van der Waals surface area contributed by atoms with Gasteiger partial charge in [-0.1, -0.05) is 123 Å². The third kappa shape index (κ3) is 16.4. The number of rotatable bonds is 24. The molecule has 0 radical (unpaired) electrons. The molecule has 5 aromatic carbocycles. The number of benzene rings is 5. The number of nitrogens with two attached hydrogens (primary N) is 1. The standard InChI is InChI=1S/C75H87N5O20/c1-43-54(96-68(89)59(83)58(48-26-16-11-17-27-48)80-64(85)49-28-18-12-19-29-49)40-75(92)63(98-67(88)50-30-20-13-21-31-50)61-73(9,62(84)60(95-44(2)81)57(43)72(75,7)8)55(39-56-74(61,42-94-56)99-45(3)82)97-70(91)93-41-47-33-35-51(36-34-47)77-65(86)52(32-22-23-37-76)78-66(87)53(38-46-24-14-10-15-25-46)79-69(90)100-71(4,5)6/h10-21,24-31,33-36,52-56,58-61,63,83,92H,22-23,32,37-42,76H2,1-9H3,(H,77,86)(H,78,87)(H,79,90)(H,80,85)/t52-,53-,54-,55-,56?,58-,59+,60+,61?,63-,73+,74-,75+/m0/s1. The molecule has 2 bridgehead atoms. The van der Waals surface area contributed by atoms with Crippen molar-refractivity contribution < 1.29 is 96.1 Å². The lowest BCUT2D eigenvalue weighted by atomic mass is 9.44. The summed E-state index contributed by atoms with van der Waals surface area (Å²) in [6, 6.07) is 35.3. The maximum absolute atomic E-state index is 16.5. The van der Waals surface area contributed by atoms with Crippen LogP contribution in [0, 0.1) is 16.7 Å². The number of carbonyl (C=O) groups excluding carboxylic acids is 10. The van der Waals surface area contributed by atoms with Crippen LogP contribution in [0.1, 0.15) is 138 Å². The molecule has 25 nitrogen and oxygen atoms in total. The number of ether oxygens (including phenoxy) is 8. The van der Waals surface area contributed by atoms with Crippen LogP contribution >= 0.6 is 0 Å². The molecule has 1 heterocycles. The Morgan fingerprint density at radius 1 is 0.700 bits per heavy atom. The van der Waals surface area contributed by atoms with Gasteiger partial charge < -0.3 is 75.1 Å². The van der Waals surface area contributed by atoms with Gasteiger partial charge in [0, 0.05) is 49.8 Å². The molecule has 3 aliphatic carbocycles. The first-order chi connectivity index (χ1) is 47.4. The van der Waals surface area contributed by atoms with E-state index in [1.165, 1.54) is 52.0 Å². The van der Waals surface area contributed by atoms with Gasteiger partial charge in [0.15, 0.2) is 23.6 Å². The predicted octanol–water partition coefficient (Wildman–Crippen LogP) is 7.79. The zero-order chi connectivity index (χ0) is 72.5. The molecule has 4 aliphatic rings. The summed E-state index contributed by atoms with van der Waals surface area (Å²) in [4.78, 5) is 143. The molecule has 532 valence electrons. The van der Waals surface area contributed by atoms with Crippen molar-refractivity contribution in [1.82, 2.24) is 16.0 Å². The van der Waals surface area contributed by atoms with Crippen LogP contribution in [0.2, 0.25) is 0 Å². The highest BCUT2D eigenvalue weighted by Crippen LogP contribution is 2.65. The van der Waals surface area contributed by atoms with Crippen LogP contribution in [-0.2, 0) is 79.7 Å². The number of alkyl carbamates (subject to hydrolysis) is 1. The van der Waals surface area contributed by atoms with Crippen molar-refractivity contribution in [3.63, 3.8) is 0 Å². The van der Waals surface area contributed by atoms with Crippen molar-refractivity contribution in [1.29, 1.82) is 0 Å². The summed E-state index contributed by atoms with van der Waals surface area (Å²) in [7, 11) is 0. The Labute approximate surface area is 579 Å². The zero-order valence-corrected chi connectivity index (χ0v) is 57.3. The molecule has 25 heteroatoms. The minimum atomic E-state index is -2.58. The van der Waals surface area contributed by atoms with Crippen LogP contribution in [0.25, 0.3) is 0 Å². The fourth-order valence-corrected chi connectivity index (χ4v) is 14.1. The highest BCUT2D eigenvalue weighted by atomic mass is 16.7. The number of unbranched alkanes of at least 4 members (excludes halogenated alkanes) is 1. The highest BCUT2D eigenvalue weighted by Gasteiger charge is 2.79. The van der Waals surface area contributed by atoms with E-state index in [0.717, 1.165) is 19.4 Å². The Morgan fingerprint density at radius 2 is 1.31 bits per heavy atom. The molecule has 13 atom stereocenters. The molecule has 0 spiro atoms. The predicted molar refractivity (Wildman–Crippen MR) is 360 cm³/mol. The Morgan fingerprint density at radius 3 is 1.89 bits per heavy atom. The molecule has 5 aromatic rings. The van der Waals surface area contributed by atoms with E-state index in [1.807, 2.05) is 6.07 Å². The first kappa shape index (κ1) is 74.4. The van der Waals surface area contributed by atoms with Gasteiger partial charge >= 0.3 is 36.1 Å². The molecule has 100 heavy (non-hydrogen) atoms. The lowest BCUT2D eigenvalue weighted by Crippen LogP contribution is -2.82. The SMILES string of the molecule is CC(=O)O[C@H]1C(=O)[C@@]2(C)C([C@H](OC(=O)c3ccccc3)[C@]3(O)C[C@H](OC(=O)[C@H](O)[C@@H](NC(=O)c4ccccc4)c4ccccc4)C(C)=C1C3(C)C)[C@]1(OC(C)=O)COC1C[C@@H]2OC(=O)OCc1ccc(NC(=O)[C@H](CCCCN)NC(=O)[C@H](Cc2ccccc2)NC(=O)OC(C)(C)C)cc1. The minimum Gasteiger partial charge on any atom is -0.456 e. The number of amides is 4. The molecule has 0 aromatic heterocycles. The molecule has 2 unspecified atom stereocenters. The van der Waals surface area contributed by atoms with Crippen molar-refractivity contribution in [2.75, 3.05) is 18.5 Å². The van der Waals surface area contributed by atoms with E-state index < -0.39 is 168 Å². The van der Waals surface area contributed by atoms with Gasteiger partial charge in [0.1, 0.15) is 54.3 Å². The van der Waals surface area contributed by atoms with Gasteiger partial charge in [-0.15, -0.1) is 0 Å². The van der Waals surface area contributed by atoms with Gasteiger partial charge in [-0.2, -0.15) is 0 Å². The second-order valence-electron chi connectivity index (χ2n) is 27.4. The van der Waals surface area contributed by atoms with Crippen molar-refractivity contribution in [2.45, 2.75) is 179 Å². The number of aliphatic hydroxyl groups is 2. The summed E-state index contributed by atoms with van der Waals surface area (Å²) < 4.78 is 48.8. The van der Waals surface area contributed by atoms with Gasteiger partial charge in [0.05, 0.1) is 29.5 Å². The third-order valence-electron chi connectivity index (χ3n) is 19.1.